The van der Waals surface area contributed by atoms with E-state index in [-0.39, 0.29) is 5.56 Å². The lowest BCUT2D eigenvalue weighted by Crippen LogP contribution is -2.21. The molecule has 116 valence electrons. The molecule has 0 fully saturated rings. The molecule has 23 heavy (non-hydrogen) atoms. The van der Waals surface area contributed by atoms with Crippen molar-refractivity contribution < 1.29 is 4.74 Å². The Balaban J connectivity index is 2.06. The van der Waals surface area contributed by atoms with Crippen LogP contribution in [0.15, 0.2) is 76.0 Å². The van der Waals surface area contributed by atoms with Crippen LogP contribution in [0.3, 0.4) is 0 Å². The minimum Gasteiger partial charge on any atom is -0.497 e. The molecule has 0 atom stereocenters. The van der Waals surface area contributed by atoms with Gasteiger partial charge < -0.3 is 9.30 Å². The first-order chi connectivity index (χ1) is 11.2. The van der Waals surface area contributed by atoms with E-state index in [9.17, 15) is 4.79 Å². The van der Waals surface area contributed by atoms with E-state index in [0.29, 0.717) is 6.54 Å². The number of hydrogen-bond donors (Lipinski definition) is 0. The smallest absolute Gasteiger partial charge is 0.251 e. The Bertz CT molecular complexity index is 869. The molecule has 0 aliphatic carbocycles. The summed E-state index contributed by atoms with van der Waals surface area (Å²) in [6, 6.07) is 21.0. The molecule has 2 aromatic carbocycles. The Hall–Kier alpha value is -2.33. The van der Waals surface area contributed by atoms with Crippen LogP contribution in [0.1, 0.15) is 5.56 Å². The van der Waals surface area contributed by atoms with E-state index in [4.69, 9.17) is 4.74 Å². The van der Waals surface area contributed by atoms with Gasteiger partial charge in [0, 0.05) is 10.5 Å². The molecule has 1 aromatic heterocycles. The molecule has 4 heteroatoms. The van der Waals surface area contributed by atoms with E-state index < -0.39 is 0 Å². The monoisotopic (exact) mass is 369 g/mol. The van der Waals surface area contributed by atoms with E-state index in [1.807, 2.05) is 54.6 Å². The molecule has 0 N–H and O–H groups in total. The second-order valence-corrected chi connectivity index (χ2v) is 6.01. The molecular formula is C19H16BrNO2. The second-order valence-electron chi connectivity index (χ2n) is 5.16. The zero-order chi connectivity index (χ0) is 16.2. The van der Waals surface area contributed by atoms with Crippen molar-refractivity contribution >= 4 is 15.9 Å². The van der Waals surface area contributed by atoms with Crippen molar-refractivity contribution in [2.75, 3.05) is 7.11 Å². The van der Waals surface area contributed by atoms with E-state index in [1.165, 1.54) is 0 Å². The summed E-state index contributed by atoms with van der Waals surface area (Å²) in [4.78, 5) is 12.4. The van der Waals surface area contributed by atoms with E-state index in [1.54, 1.807) is 23.8 Å². The summed E-state index contributed by atoms with van der Waals surface area (Å²) in [7, 11) is 1.64. The lowest BCUT2D eigenvalue weighted by atomic mass is 10.1. The quantitative estimate of drug-likeness (QED) is 0.684. The average molecular weight is 370 g/mol. The molecule has 3 aromatic rings. The Morgan fingerprint density at radius 3 is 2.39 bits per heavy atom. The van der Waals surface area contributed by atoms with Crippen LogP contribution in [0.4, 0.5) is 0 Å². The lowest BCUT2D eigenvalue weighted by molar-refractivity contribution is 0.415. The minimum absolute atomic E-state index is 0.0194. The SMILES string of the molecule is COc1ccc(-c2cccc(=O)n2Cc2ccccc2Br)cc1. The minimum atomic E-state index is -0.0194. The van der Waals surface area contributed by atoms with Gasteiger partial charge in [0.05, 0.1) is 19.3 Å². The zero-order valence-corrected chi connectivity index (χ0v) is 14.3. The number of methoxy groups -OCH3 is 1. The normalized spacial score (nSPS) is 10.5. The number of halogens is 1. The molecule has 0 saturated heterocycles. The summed E-state index contributed by atoms with van der Waals surface area (Å²) in [5.41, 5.74) is 2.91. The first-order valence-corrected chi connectivity index (χ1v) is 8.06. The number of benzene rings is 2. The molecule has 0 spiro atoms. The predicted molar refractivity (Wildman–Crippen MR) is 95.9 cm³/mol. The molecule has 0 amide bonds. The Morgan fingerprint density at radius 2 is 1.70 bits per heavy atom. The molecule has 0 aliphatic heterocycles. The summed E-state index contributed by atoms with van der Waals surface area (Å²) < 4.78 is 7.97. The Labute approximate surface area is 143 Å². The highest BCUT2D eigenvalue weighted by Gasteiger charge is 2.08. The molecule has 0 bridgehead atoms. The fourth-order valence-corrected chi connectivity index (χ4v) is 2.90. The second kappa shape index (κ2) is 6.84. The predicted octanol–water partition coefficient (Wildman–Crippen LogP) is 4.33. The van der Waals surface area contributed by atoms with E-state index in [0.717, 1.165) is 27.0 Å². The lowest BCUT2D eigenvalue weighted by Gasteiger charge is -2.14. The van der Waals surface area contributed by atoms with Gasteiger partial charge >= 0.3 is 0 Å². The largest absolute Gasteiger partial charge is 0.497 e. The maximum atomic E-state index is 12.4. The van der Waals surface area contributed by atoms with Crippen LogP contribution in [0.25, 0.3) is 11.3 Å². The van der Waals surface area contributed by atoms with E-state index >= 15 is 0 Å². The number of nitrogens with zero attached hydrogens (tertiary/aromatic N) is 1. The molecule has 0 radical (unpaired) electrons. The molecule has 1 heterocycles. The molecule has 0 aliphatic rings. The van der Waals surface area contributed by atoms with Crippen LogP contribution in [0.5, 0.6) is 5.75 Å². The number of aromatic nitrogens is 1. The number of rotatable bonds is 4. The first kappa shape index (κ1) is 15.6. The van der Waals surface area contributed by atoms with Gasteiger partial charge in [-0.05, 0) is 47.5 Å². The number of pyridine rings is 1. The summed E-state index contributed by atoms with van der Waals surface area (Å²) in [5.74, 6) is 0.796. The molecule has 0 saturated carbocycles. The summed E-state index contributed by atoms with van der Waals surface area (Å²) >= 11 is 3.55. The van der Waals surface area contributed by atoms with Crippen molar-refractivity contribution in [1.29, 1.82) is 0 Å². The zero-order valence-electron chi connectivity index (χ0n) is 12.7. The highest BCUT2D eigenvalue weighted by molar-refractivity contribution is 9.10. The van der Waals surface area contributed by atoms with Crippen LogP contribution in [-0.4, -0.2) is 11.7 Å². The number of hydrogen-bond acceptors (Lipinski definition) is 2. The third-order valence-corrected chi connectivity index (χ3v) is 4.50. The molecule has 3 nitrogen and oxygen atoms in total. The molecular weight excluding hydrogens is 354 g/mol. The number of ether oxygens (including phenoxy) is 1. The van der Waals surface area contributed by atoms with Gasteiger partial charge in [-0.3, -0.25) is 4.79 Å². The maximum absolute atomic E-state index is 12.4. The van der Waals surface area contributed by atoms with Crippen molar-refractivity contribution in [3.05, 3.63) is 87.1 Å². The summed E-state index contributed by atoms with van der Waals surface area (Å²) in [6.45, 7) is 0.516. The Kier molecular flexibility index (Phi) is 4.63. The average Bonchev–Trinajstić information content (AvgIpc) is 2.58. The molecule has 0 unspecified atom stereocenters. The van der Waals surface area contributed by atoms with Crippen LogP contribution < -0.4 is 10.3 Å². The van der Waals surface area contributed by atoms with Gasteiger partial charge in [0.1, 0.15) is 5.75 Å². The standard InChI is InChI=1S/C19H16BrNO2/c1-23-16-11-9-14(10-12-16)18-7-4-8-19(22)21(18)13-15-5-2-3-6-17(15)20/h2-12H,13H2,1H3. The van der Waals surface area contributed by atoms with Gasteiger partial charge in [0.2, 0.25) is 0 Å². The summed E-state index contributed by atoms with van der Waals surface area (Å²) in [6.07, 6.45) is 0. The van der Waals surface area contributed by atoms with Gasteiger partial charge in [0.25, 0.3) is 5.56 Å². The van der Waals surface area contributed by atoms with Gasteiger partial charge in [-0.1, -0.05) is 40.2 Å². The third kappa shape index (κ3) is 3.37. The molecule has 3 rings (SSSR count). The van der Waals surface area contributed by atoms with Crippen LogP contribution in [0, 0.1) is 0 Å². The van der Waals surface area contributed by atoms with Crippen LogP contribution in [-0.2, 0) is 6.54 Å². The van der Waals surface area contributed by atoms with Gasteiger partial charge in [-0.2, -0.15) is 0 Å². The summed E-state index contributed by atoms with van der Waals surface area (Å²) in [5, 5.41) is 0. The Morgan fingerprint density at radius 1 is 0.957 bits per heavy atom. The fraction of sp³-hybridized carbons (Fsp3) is 0.105. The first-order valence-electron chi connectivity index (χ1n) is 7.27. The maximum Gasteiger partial charge on any atom is 0.251 e. The van der Waals surface area contributed by atoms with Gasteiger partial charge in [-0.15, -0.1) is 0 Å². The van der Waals surface area contributed by atoms with Crippen molar-refractivity contribution in [3.8, 4) is 17.0 Å². The van der Waals surface area contributed by atoms with Gasteiger partial charge in [-0.25, -0.2) is 0 Å². The van der Waals surface area contributed by atoms with E-state index in [2.05, 4.69) is 15.9 Å². The van der Waals surface area contributed by atoms with Crippen molar-refractivity contribution in [2.45, 2.75) is 6.54 Å². The highest BCUT2D eigenvalue weighted by Crippen LogP contribution is 2.23. The van der Waals surface area contributed by atoms with Crippen LogP contribution in [0.2, 0.25) is 0 Å². The fourth-order valence-electron chi connectivity index (χ4n) is 2.49. The third-order valence-electron chi connectivity index (χ3n) is 3.72. The van der Waals surface area contributed by atoms with Crippen molar-refractivity contribution in [3.63, 3.8) is 0 Å². The van der Waals surface area contributed by atoms with Crippen molar-refractivity contribution in [2.24, 2.45) is 0 Å². The van der Waals surface area contributed by atoms with Crippen LogP contribution >= 0.6 is 15.9 Å². The highest BCUT2D eigenvalue weighted by atomic mass is 79.9. The van der Waals surface area contributed by atoms with Gasteiger partial charge in [0.15, 0.2) is 0 Å². The topological polar surface area (TPSA) is 31.2 Å². The van der Waals surface area contributed by atoms with Crippen molar-refractivity contribution in [1.82, 2.24) is 4.57 Å².